The summed E-state index contributed by atoms with van der Waals surface area (Å²) in [4.78, 5) is 0. The fraction of sp³-hybridized carbons (Fsp3) is 1.00. The van der Waals surface area contributed by atoms with E-state index in [1.165, 1.54) is 0 Å². The molecule has 0 aromatic carbocycles. The smallest absolute Gasteiger partial charge is 0.217 e. The summed E-state index contributed by atoms with van der Waals surface area (Å²) < 4.78 is 26.3. The molecular formula is C12H26N2O2S. The van der Waals surface area contributed by atoms with Gasteiger partial charge in [-0.05, 0) is 32.7 Å². The van der Waals surface area contributed by atoms with Crippen LogP contribution in [0.4, 0.5) is 0 Å². The number of rotatable bonds is 6. The van der Waals surface area contributed by atoms with Gasteiger partial charge in [0, 0.05) is 19.6 Å². The minimum atomic E-state index is -3.10. The van der Waals surface area contributed by atoms with E-state index in [9.17, 15) is 8.42 Å². The van der Waals surface area contributed by atoms with Gasteiger partial charge in [0.25, 0.3) is 0 Å². The molecule has 0 aliphatic carbocycles. The van der Waals surface area contributed by atoms with Gasteiger partial charge in [-0.1, -0.05) is 19.8 Å². The van der Waals surface area contributed by atoms with E-state index in [1.807, 2.05) is 6.92 Å². The Hall–Kier alpha value is -0.130. The summed E-state index contributed by atoms with van der Waals surface area (Å²) in [6.45, 7) is 6.76. The molecular weight excluding hydrogens is 236 g/mol. The highest BCUT2D eigenvalue weighted by molar-refractivity contribution is 7.89. The number of nitrogens with one attached hydrogen (secondary N) is 1. The highest BCUT2D eigenvalue weighted by Gasteiger charge is 2.28. The van der Waals surface area contributed by atoms with Crippen molar-refractivity contribution in [1.29, 1.82) is 0 Å². The zero-order valence-electron chi connectivity index (χ0n) is 11.1. The molecule has 0 amide bonds. The van der Waals surface area contributed by atoms with Crippen molar-refractivity contribution in [2.24, 2.45) is 0 Å². The van der Waals surface area contributed by atoms with Crippen LogP contribution in [0.1, 0.15) is 46.0 Å². The minimum absolute atomic E-state index is 0.313. The topological polar surface area (TPSA) is 49.4 Å². The first kappa shape index (κ1) is 14.9. The monoisotopic (exact) mass is 262 g/mol. The molecule has 0 saturated carbocycles. The lowest BCUT2D eigenvalue weighted by Crippen LogP contribution is -2.42. The molecule has 1 rings (SSSR count). The van der Waals surface area contributed by atoms with Crippen LogP contribution in [0.15, 0.2) is 0 Å². The summed E-state index contributed by atoms with van der Waals surface area (Å²) >= 11 is 0. The van der Waals surface area contributed by atoms with E-state index in [2.05, 4.69) is 12.2 Å². The van der Waals surface area contributed by atoms with E-state index < -0.39 is 10.0 Å². The SMILES string of the molecule is CCCNCC(C)S(=O)(=O)N1CCCCCC1. The first-order valence-electron chi connectivity index (χ1n) is 6.78. The number of sulfonamides is 1. The first-order chi connectivity index (χ1) is 8.09. The number of hydrogen-bond donors (Lipinski definition) is 1. The molecule has 102 valence electrons. The van der Waals surface area contributed by atoms with Gasteiger partial charge in [0.1, 0.15) is 0 Å². The van der Waals surface area contributed by atoms with E-state index in [0.717, 1.165) is 38.6 Å². The highest BCUT2D eigenvalue weighted by atomic mass is 32.2. The summed E-state index contributed by atoms with van der Waals surface area (Å²) in [5.41, 5.74) is 0. The maximum absolute atomic E-state index is 12.3. The van der Waals surface area contributed by atoms with Crippen LogP contribution in [0.5, 0.6) is 0 Å². The van der Waals surface area contributed by atoms with Crippen LogP contribution in [0, 0.1) is 0 Å². The van der Waals surface area contributed by atoms with Crippen molar-refractivity contribution in [3.63, 3.8) is 0 Å². The molecule has 0 spiro atoms. The van der Waals surface area contributed by atoms with Gasteiger partial charge >= 0.3 is 0 Å². The molecule has 1 fully saturated rings. The van der Waals surface area contributed by atoms with Crippen LogP contribution in [-0.2, 0) is 10.0 Å². The molecule has 0 radical (unpaired) electrons. The van der Waals surface area contributed by atoms with Gasteiger partial charge in [-0.3, -0.25) is 0 Å². The Kier molecular flexibility index (Phi) is 6.44. The third-order valence-corrected chi connectivity index (χ3v) is 5.56. The predicted octanol–water partition coefficient (Wildman–Crippen LogP) is 1.58. The quantitative estimate of drug-likeness (QED) is 0.739. The zero-order valence-corrected chi connectivity index (χ0v) is 11.9. The van der Waals surface area contributed by atoms with Gasteiger partial charge in [-0.25, -0.2) is 12.7 Å². The Bertz CT molecular complexity index is 296. The molecule has 1 saturated heterocycles. The summed E-state index contributed by atoms with van der Waals surface area (Å²) in [5.74, 6) is 0. The van der Waals surface area contributed by atoms with E-state index in [0.29, 0.717) is 19.6 Å². The molecule has 0 aromatic rings. The molecule has 0 bridgehead atoms. The van der Waals surface area contributed by atoms with Crippen molar-refractivity contribution in [2.45, 2.75) is 51.2 Å². The minimum Gasteiger partial charge on any atom is -0.315 e. The third-order valence-electron chi connectivity index (χ3n) is 3.29. The van der Waals surface area contributed by atoms with Gasteiger partial charge in [-0.15, -0.1) is 0 Å². The van der Waals surface area contributed by atoms with E-state index in [-0.39, 0.29) is 5.25 Å². The number of nitrogens with zero attached hydrogens (tertiary/aromatic N) is 1. The fourth-order valence-corrected chi connectivity index (χ4v) is 3.74. The second kappa shape index (κ2) is 7.34. The Morgan fingerprint density at radius 2 is 1.76 bits per heavy atom. The molecule has 5 heteroatoms. The van der Waals surface area contributed by atoms with Crippen molar-refractivity contribution in [2.75, 3.05) is 26.2 Å². The van der Waals surface area contributed by atoms with E-state index in [4.69, 9.17) is 0 Å². The van der Waals surface area contributed by atoms with Crippen LogP contribution in [0.3, 0.4) is 0 Å². The molecule has 4 nitrogen and oxygen atoms in total. The summed E-state index contributed by atoms with van der Waals surface area (Å²) in [7, 11) is -3.10. The van der Waals surface area contributed by atoms with Gasteiger partial charge in [0.2, 0.25) is 10.0 Å². The Morgan fingerprint density at radius 1 is 1.18 bits per heavy atom. The molecule has 0 aromatic heterocycles. The average Bonchev–Trinajstić information content (AvgIpc) is 2.58. The van der Waals surface area contributed by atoms with Crippen LogP contribution in [0.25, 0.3) is 0 Å². The summed E-state index contributed by atoms with van der Waals surface area (Å²) in [5, 5.41) is 2.88. The Balaban J connectivity index is 2.52. The lowest BCUT2D eigenvalue weighted by atomic mass is 10.2. The van der Waals surface area contributed by atoms with Gasteiger partial charge in [0.15, 0.2) is 0 Å². The van der Waals surface area contributed by atoms with Crippen molar-refractivity contribution in [1.82, 2.24) is 9.62 Å². The maximum atomic E-state index is 12.3. The predicted molar refractivity (Wildman–Crippen MR) is 71.6 cm³/mol. The van der Waals surface area contributed by atoms with Crippen molar-refractivity contribution in [3.8, 4) is 0 Å². The van der Waals surface area contributed by atoms with Crippen LogP contribution < -0.4 is 5.32 Å². The Morgan fingerprint density at radius 3 is 2.29 bits per heavy atom. The van der Waals surface area contributed by atoms with Crippen LogP contribution in [0.2, 0.25) is 0 Å². The fourth-order valence-electron chi connectivity index (χ4n) is 2.14. The molecule has 1 aliphatic heterocycles. The second-order valence-electron chi connectivity index (χ2n) is 4.87. The molecule has 17 heavy (non-hydrogen) atoms. The zero-order chi connectivity index (χ0) is 12.7. The normalized spacial score (nSPS) is 21.1. The second-order valence-corrected chi connectivity index (χ2v) is 7.22. The lowest BCUT2D eigenvalue weighted by molar-refractivity contribution is 0.414. The van der Waals surface area contributed by atoms with Gasteiger partial charge in [-0.2, -0.15) is 0 Å². The van der Waals surface area contributed by atoms with Crippen LogP contribution in [-0.4, -0.2) is 44.2 Å². The van der Waals surface area contributed by atoms with Gasteiger partial charge in [0.05, 0.1) is 5.25 Å². The standard InChI is InChI=1S/C12H26N2O2S/c1-3-8-13-11-12(2)17(15,16)14-9-6-4-5-7-10-14/h12-13H,3-11H2,1-2H3. The first-order valence-corrected chi connectivity index (χ1v) is 8.29. The van der Waals surface area contributed by atoms with Crippen molar-refractivity contribution >= 4 is 10.0 Å². The van der Waals surface area contributed by atoms with E-state index in [1.54, 1.807) is 4.31 Å². The number of hydrogen-bond acceptors (Lipinski definition) is 3. The highest BCUT2D eigenvalue weighted by Crippen LogP contribution is 2.16. The van der Waals surface area contributed by atoms with Crippen molar-refractivity contribution in [3.05, 3.63) is 0 Å². The molecule has 1 atom stereocenters. The molecule has 1 heterocycles. The van der Waals surface area contributed by atoms with Gasteiger partial charge < -0.3 is 5.32 Å². The largest absolute Gasteiger partial charge is 0.315 e. The lowest BCUT2D eigenvalue weighted by Gasteiger charge is -2.24. The average molecular weight is 262 g/mol. The maximum Gasteiger partial charge on any atom is 0.217 e. The van der Waals surface area contributed by atoms with E-state index >= 15 is 0 Å². The van der Waals surface area contributed by atoms with Crippen molar-refractivity contribution < 1.29 is 8.42 Å². The Labute approximate surface area is 106 Å². The molecule has 1 N–H and O–H groups in total. The summed E-state index contributed by atoms with van der Waals surface area (Å²) in [6.07, 6.45) is 5.38. The molecule has 1 aliphatic rings. The third kappa shape index (κ3) is 4.56. The van der Waals surface area contributed by atoms with Crippen LogP contribution >= 0.6 is 0 Å². The summed E-state index contributed by atoms with van der Waals surface area (Å²) in [6, 6.07) is 0. The molecule has 1 unspecified atom stereocenters.